The maximum absolute atomic E-state index is 12.5. The average molecular weight is 275 g/mol. The minimum atomic E-state index is -4.34. The summed E-state index contributed by atoms with van der Waals surface area (Å²) in [6, 6.07) is 16.4. The SMILES string of the molecule is N#CC[C@@H](c1ccccc1)c1ccc(C(F)(F)F)cc1. The van der Waals surface area contributed by atoms with Crippen LogP contribution in [0.2, 0.25) is 0 Å². The lowest BCUT2D eigenvalue weighted by molar-refractivity contribution is -0.137. The number of nitrogens with zero attached hydrogens (tertiary/aromatic N) is 1. The second-order valence-electron chi connectivity index (χ2n) is 4.45. The number of nitriles is 1. The van der Waals surface area contributed by atoms with E-state index in [1.165, 1.54) is 12.1 Å². The van der Waals surface area contributed by atoms with Gasteiger partial charge in [0.05, 0.1) is 11.6 Å². The Morgan fingerprint density at radius 3 is 1.95 bits per heavy atom. The van der Waals surface area contributed by atoms with Gasteiger partial charge in [0.1, 0.15) is 0 Å². The summed E-state index contributed by atoms with van der Waals surface area (Å²) in [4.78, 5) is 0. The van der Waals surface area contributed by atoms with E-state index in [0.717, 1.165) is 17.7 Å². The highest BCUT2D eigenvalue weighted by Crippen LogP contribution is 2.32. The van der Waals surface area contributed by atoms with Crippen LogP contribution in [0, 0.1) is 11.3 Å². The summed E-state index contributed by atoms with van der Waals surface area (Å²) < 4.78 is 37.6. The van der Waals surface area contributed by atoms with E-state index in [0.29, 0.717) is 5.56 Å². The van der Waals surface area contributed by atoms with Crippen molar-refractivity contribution >= 4 is 0 Å². The van der Waals surface area contributed by atoms with E-state index in [2.05, 4.69) is 6.07 Å². The number of alkyl halides is 3. The van der Waals surface area contributed by atoms with E-state index in [4.69, 9.17) is 5.26 Å². The fourth-order valence-corrected chi connectivity index (χ4v) is 2.11. The lowest BCUT2D eigenvalue weighted by atomic mass is 9.88. The summed E-state index contributed by atoms with van der Waals surface area (Å²) in [6.07, 6.45) is -4.11. The highest BCUT2D eigenvalue weighted by atomic mass is 19.4. The predicted molar refractivity (Wildman–Crippen MR) is 70.0 cm³/mol. The van der Waals surface area contributed by atoms with Crippen molar-refractivity contribution in [3.05, 3.63) is 71.3 Å². The van der Waals surface area contributed by atoms with Gasteiger partial charge < -0.3 is 0 Å². The fourth-order valence-electron chi connectivity index (χ4n) is 2.11. The van der Waals surface area contributed by atoms with Crippen LogP contribution in [0.3, 0.4) is 0 Å². The lowest BCUT2D eigenvalue weighted by Gasteiger charge is -2.15. The molecule has 0 aliphatic carbocycles. The van der Waals surface area contributed by atoms with Gasteiger partial charge in [-0.2, -0.15) is 18.4 Å². The topological polar surface area (TPSA) is 23.8 Å². The molecule has 0 radical (unpaired) electrons. The van der Waals surface area contributed by atoms with Crippen molar-refractivity contribution in [1.82, 2.24) is 0 Å². The lowest BCUT2D eigenvalue weighted by Crippen LogP contribution is -2.06. The highest BCUT2D eigenvalue weighted by Gasteiger charge is 2.30. The summed E-state index contributed by atoms with van der Waals surface area (Å²) in [6.45, 7) is 0. The molecule has 2 aromatic rings. The van der Waals surface area contributed by atoms with Gasteiger partial charge in [-0.3, -0.25) is 0 Å². The molecule has 0 amide bonds. The predicted octanol–water partition coefficient (Wildman–Crippen LogP) is 4.75. The third-order valence-electron chi connectivity index (χ3n) is 3.14. The molecule has 1 nitrogen and oxygen atoms in total. The van der Waals surface area contributed by atoms with Crippen LogP contribution in [-0.2, 0) is 6.18 Å². The molecule has 0 N–H and O–H groups in total. The number of rotatable bonds is 3. The molecule has 1 atom stereocenters. The molecule has 0 bridgehead atoms. The molecule has 0 spiro atoms. The van der Waals surface area contributed by atoms with Crippen molar-refractivity contribution in [2.24, 2.45) is 0 Å². The van der Waals surface area contributed by atoms with Crippen molar-refractivity contribution in [3.63, 3.8) is 0 Å². The molecule has 0 aromatic heterocycles. The van der Waals surface area contributed by atoms with Gasteiger partial charge in [-0.05, 0) is 23.3 Å². The molecule has 102 valence electrons. The Kier molecular flexibility index (Phi) is 4.09. The fraction of sp³-hybridized carbons (Fsp3) is 0.188. The average Bonchev–Trinajstić information content (AvgIpc) is 2.45. The van der Waals surface area contributed by atoms with Crippen LogP contribution in [-0.4, -0.2) is 0 Å². The van der Waals surface area contributed by atoms with E-state index in [-0.39, 0.29) is 12.3 Å². The van der Waals surface area contributed by atoms with Crippen LogP contribution in [0.15, 0.2) is 54.6 Å². The van der Waals surface area contributed by atoms with Gasteiger partial charge in [-0.25, -0.2) is 0 Å². The maximum atomic E-state index is 12.5. The normalized spacial score (nSPS) is 12.7. The number of hydrogen-bond acceptors (Lipinski definition) is 1. The summed E-state index contributed by atoms with van der Waals surface area (Å²) in [5.41, 5.74) is 0.963. The van der Waals surface area contributed by atoms with Crippen molar-refractivity contribution in [2.45, 2.75) is 18.5 Å². The zero-order chi connectivity index (χ0) is 14.6. The molecule has 0 heterocycles. The van der Waals surface area contributed by atoms with Gasteiger partial charge >= 0.3 is 6.18 Å². The van der Waals surface area contributed by atoms with Gasteiger partial charge in [0.25, 0.3) is 0 Å². The zero-order valence-electron chi connectivity index (χ0n) is 10.6. The Morgan fingerprint density at radius 2 is 1.45 bits per heavy atom. The second-order valence-corrected chi connectivity index (χ2v) is 4.45. The first-order valence-electron chi connectivity index (χ1n) is 6.11. The standard InChI is InChI=1S/C16H12F3N/c17-16(18,19)14-8-6-13(7-9-14)15(10-11-20)12-4-2-1-3-5-12/h1-9,15H,10H2/t15-/m0/s1. The molecular weight excluding hydrogens is 263 g/mol. The van der Waals surface area contributed by atoms with Crippen molar-refractivity contribution in [3.8, 4) is 6.07 Å². The van der Waals surface area contributed by atoms with Crippen molar-refractivity contribution in [1.29, 1.82) is 5.26 Å². The Balaban J connectivity index is 2.34. The molecule has 0 aliphatic heterocycles. The third kappa shape index (κ3) is 3.18. The van der Waals surface area contributed by atoms with Gasteiger partial charge in [0.15, 0.2) is 0 Å². The molecule has 0 saturated carbocycles. The largest absolute Gasteiger partial charge is 0.416 e. The molecule has 20 heavy (non-hydrogen) atoms. The molecule has 0 fully saturated rings. The number of halogens is 3. The van der Waals surface area contributed by atoms with Crippen molar-refractivity contribution in [2.75, 3.05) is 0 Å². The Bertz CT molecular complexity index is 594. The summed E-state index contributed by atoms with van der Waals surface area (Å²) >= 11 is 0. The van der Waals surface area contributed by atoms with Crippen molar-refractivity contribution < 1.29 is 13.2 Å². The van der Waals surface area contributed by atoms with E-state index in [9.17, 15) is 13.2 Å². The van der Waals surface area contributed by atoms with E-state index < -0.39 is 11.7 Å². The van der Waals surface area contributed by atoms with Gasteiger partial charge in [-0.15, -0.1) is 0 Å². The zero-order valence-corrected chi connectivity index (χ0v) is 10.6. The van der Waals surface area contributed by atoms with E-state index in [1.54, 1.807) is 0 Å². The van der Waals surface area contributed by atoms with Gasteiger partial charge in [0, 0.05) is 12.3 Å². The third-order valence-corrected chi connectivity index (χ3v) is 3.14. The van der Waals surface area contributed by atoms with Crippen LogP contribution in [0.5, 0.6) is 0 Å². The molecule has 2 rings (SSSR count). The van der Waals surface area contributed by atoms with Crippen LogP contribution in [0.1, 0.15) is 29.0 Å². The maximum Gasteiger partial charge on any atom is 0.416 e. The minimum Gasteiger partial charge on any atom is -0.198 e. The second kappa shape index (κ2) is 5.79. The summed E-state index contributed by atoms with van der Waals surface area (Å²) in [7, 11) is 0. The van der Waals surface area contributed by atoms with Gasteiger partial charge in [-0.1, -0.05) is 42.5 Å². The monoisotopic (exact) mass is 275 g/mol. The molecule has 0 aliphatic rings. The Labute approximate surface area is 115 Å². The summed E-state index contributed by atoms with van der Waals surface area (Å²) in [5.74, 6) is -0.205. The molecule has 0 unspecified atom stereocenters. The molecular formula is C16H12F3N. The first kappa shape index (κ1) is 14.1. The van der Waals surface area contributed by atoms with E-state index >= 15 is 0 Å². The van der Waals surface area contributed by atoms with Gasteiger partial charge in [0.2, 0.25) is 0 Å². The van der Waals surface area contributed by atoms with Crippen LogP contribution >= 0.6 is 0 Å². The number of benzene rings is 2. The Morgan fingerprint density at radius 1 is 0.900 bits per heavy atom. The van der Waals surface area contributed by atoms with Crippen LogP contribution in [0.4, 0.5) is 13.2 Å². The molecule has 4 heteroatoms. The Hall–Kier alpha value is -2.28. The van der Waals surface area contributed by atoms with E-state index in [1.807, 2.05) is 30.3 Å². The first-order valence-corrected chi connectivity index (χ1v) is 6.11. The summed E-state index contributed by atoms with van der Waals surface area (Å²) in [5, 5.41) is 8.91. The smallest absolute Gasteiger partial charge is 0.198 e. The minimum absolute atomic E-state index is 0.205. The highest BCUT2D eigenvalue weighted by molar-refractivity contribution is 5.35. The first-order chi connectivity index (χ1) is 9.52. The number of hydrogen-bond donors (Lipinski definition) is 0. The molecule has 0 saturated heterocycles. The van der Waals surface area contributed by atoms with Crippen LogP contribution in [0.25, 0.3) is 0 Å². The molecule has 2 aromatic carbocycles. The van der Waals surface area contributed by atoms with Crippen LogP contribution < -0.4 is 0 Å². The quantitative estimate of drug-likeness (QED) is 0.793.